The number of carbonyl (C=O) groups excluding carboxylic acids is 1. The van der Waals surface area contributed by atoms with Gasteiger partial charge in [-0.25, -0.2) is 12.8 Å². The van der Waals surface area contributed by atoms with E-state index in [4.69, 9.17) is 0 Å². The molecule has 0 spiro atoms. The zero-order valence-electron chi connectivity index (χ0n) is 19.0. The van der Waals surface area contributed by atoms with Crippen LogP contribution in [0.15, 0.2) is 46.4 Å². The standard InChI is InChI=1S/C24H24FN5O3S/c1-13-8-20-24(26-13)21(10-15(27-20)11-22(31)16-12-17(16)25)28-19-5-4-14(9-23(19)34(3,32)33)18-6-7-30(2)29-18/h4-7,9-10,16-17H,8,11-12H2,1-3H3,(H,27,28)/t16-,17+/m0/s1. The maximum atomic E-state index is 13.3. The predicted octanol–water partition coefficient (Wildman–Crippen LogP) is 3.75. The summed E-state index contributed by atoms with van der Waals surface area (Å²) in [7, 11) is -1.79. The summed E-state index contributed by atoms with van der Waals surface area (Å²) in [6, 6.07) is 8.60. The molecule has 1 aliphatic carbocycles. The van der Waals surface area contributed by atoms with Crippen molar-refractivity contribution in [2.45, 2.75) is 37.3 Å². The number of hydrogen-bond donors (Lipinski definition) is 1. The Hall–Kier alpha value is -3.40. The van der Waals surface area contributed by atoms with Gasteiger partial charge in [-0.2, -0.15) is 5.10 Å². The Morgan fingerprint density at radius 3 is 2.65 bits per heavy atom. The molecule has 10 heteroatoms. The lowest BCUT2D eigenvalue weighted by Crippen LogP contribution is -2.10. The summed E-state index contributed by atoms with van der Waals surface area (Å²) in [5.41, 5.74) is 5.01. The molecular formula is C24H24FN5O3S. The van der Waals surface area contributed by atoms with Crippen LogP contribution in [0.25, 0.3) is 11.3 Å². The molecule has 176 valence electrons. The van der Waals surface area contributed by atoms with Crippen molar-refractivity contribution in [3.8, 4) is 11.3 Å². The first-order valence-corrected chi connectivity index (χ1v) is 12.8. The number of nitrogens with one attached hydrogen (secondary N) is 1. The second-order valence-electron chi connectivity index (χ2n) is 8.96. The number of benzene rings is 1. The first-order valence-electron chi connectivity index (χ1n) is 10.9. The number of aliphatic imine (C=N–C) groups is 1. The Balaban J connectivity index is 1.53. The molecule has 1 aromatic carbocycles. The fraction of sp³-hybridized carbons (Fsp3) is 0.333. The second kappa shape index (κ2) is 8.12. The SMILES string of the molecule is CC1=Nc2c(Nc3ccc(-c4ccn(C)n4)cc3S(C)(=O)=O)cc(CC(=O)[C@H]3C[C@H]3F)nc2C1. The van der Waals surface area contributed by atoms with E-state index in [1.807, 2.05) is 13.0 Å². The lowest BCUT2D eigenvalue weighted by atomic mass is 10.1. The normalized spacial score (nSPS) is 19.0. The van der Waals surface area contributed by atoms with Crippen LogP contribution in [0.3, 0.4) is 0 Å². The van der Waals surface area contributed by atoms with Crippen LogP contribution in [0.4, 0.5) is 21.5 Å². The van der Waals surface area contributed by atoms with Crippen molar-refractivity contribution in [2.75, 3.05) is 11.6 Å². The summed E-state index contributed by atoms with van der Waals surface area (Å²) in [5.74, 6) is -0.710. The molecule has 0 amide bonds. The van der Waals surface area contributed by atoms with Gasteiger partial charge in [0.15, 0.2) is 9.84 Å². The van der Waals surface area contributed by atoms with Gasteiger partial charge in [0.05, 0.1) is 39.3 Å². The number of fused-ring (bicyclic) bond motifs is 1. The average molecular weight is 482 g/mol. The van der Waals surface area contributed by atoms with Crippen molar-refractivity contribution in [1.82, 2.24) is 14.8 Å². The molecule has 0 bridgehead atoms. The highest BCUT2D eigenvalue weighted by atomic mass is 32.2. The molecule has 5 rings (SSSR count). The molecule has 1 saturated carbocycles. The first-order chi connectivity index (χ1) is 16.1. The van der Waals surface area contributed by atoms with Crippen LogP contribution in [-0.4, -0.2) is 47.1 Å². The maximum Gasteiger partial charge on any atom is 0.177 e. The van der Waals surface area contributed by atoms with Gasteiger partial charge >= 0.3 is 0 Å². The van der Waals surface area contributed by atoms with E-state index in [-0.39, 0.29) is 23.5 Å². The number of carbonyl (C=O) groups is 1. The first kappa shape index (κ1) is 22.4. The van der Waals surface area contributed by atoms with Crippen LogP contribution in [0.1, 0.15) is 24.7 Å². The number of hydrogen-bond acceptors (Lipinski definition) is 7. The number of aromatic nitrogens is 3. The number of ketones is 1. The number of alkyl halides is 1. The van der Waals surface area contributed by atoms with Crippen molar-refractivity contribution >= 4 is 38.4 Å². The van der Waals surface area contributed by atoms with E-state index in [9.17, 15) is 17.6 Å². The van der Waals surface area contributed by atoms with E-state index < -0.39 is 21.9 Å². The van der Waals surface area contributed by atoms with Gasteiger partial charge in [-0.05, 0) is 37.6 Å². The van der Waals surface area contributed by atoms with Crippen molar-refractivity contribution < 1.29 is 17.6 Å². The quantitative estimate of drug-likeness (QED) is 0.551. The number of rotatable bonds is 7. The Bertz CT molecular complexity index is 1460. The molecule has 1 aliphatic heterocycles. The second-order valence-corrected chi connectivity index (χ2v) is 10.9. The lowest BCUT2D eigenvalue weighted by Gasteiger charge is -2.15. The number of pyridine rings is 1. The molecule has 0 saturated heterocycles. The fourth-order valence-corrected chi connectivity index (χ4v) is 5.03. The van der Waals surface area contributed by atoms with E-state index in [0.29, 0.717) is 46.1 Å². The third kappa shape index (κ3) is 4.37. The Morgan fingerprint density at radius 1 is 1.24 bits per heavy atom. The molecule has 2 atom stereocenters. The van der Waals surface area contributed by atoms with Gasteiger partial charge in [0, 0.05) is 43.6 Å². The summed E-state index contributed by atoms with van der Waals surface area (Å²) in [6.07, 6.45) is 2.74. The van der Waals surface area contributed by atoms with Gasteiger partial charge in [-0.3, -0.25) is 19.5 Å². The topological polar surface area (TPSA) is 106 Å². The predicted molar refractivity (Wildman–Crippen MR) is 127 cm³/mol. The van der Waals surface area contributed by atoms with Gasteiger partial charge < -0.3 is 5.32 Å². The van der Waals surface area contributed by atoms with E-state index in [1.165, 1.54) is 0 Å². The van der Waals surface area contributed by atoms with Crippen LogP contribution < -0.4 is 5.32 Å². The number of aryl methyl sites for hydroxylation is 1. The average Bonchev–Trinajstić information content (AvgIpc) is 3.14. The van der Waals surface area contributed by atoms with Gasteiger partial charge in [0.2, 0.25) is 0 Å². The van der Waals surface area contributed by atoms with Crippen molar-refractivity contribution in [2.24, 2.45) is 18.0 Å². The Morgan fingerprint density at radius 2 is 2.00 bits per heavy atom. The van der Waals surface area contributed by atoms with Gasteiger partial charge in [0.25, 0.3) is 0 Å². The van der Waals surface area contributed by atoms with Gasteiger partial charge in [0.1, 0.15) is 17.6 Å². The molecule has 1 N–H and O–H groups in total. The molecule has 3 aromatic rings. The summed E-state index contributed by atoms with van der Waals surface area (Å²) in [4.78, 5) is 21.6. The maximum absolute atomic E-state index is 13.3. The summed E-state index contributed by atoms with van der Waals surface area (Å²) in [5, 5.41) is 7.57. The van der Waals surface area contributed by atoms with E-state index in [0.717, 1.165) is 12.0 Å². The molecule has 0 unspecified atom stereocenters. The van der Waals surface area contributed by atoms with Crippen LogP contribution in [-0.2, 0) is 34.5 Å². The minimum absolute atomic E-state index is 0.0314. The van der Waals surface area contributed by atoms with E-state index >= 15 is 0 Å². The van der Waals surface area contributed by atoms with Crippen molar-refractivity contribution in [1.29, 1.82) is 0 Å². The highest BCUT2D eigenvalue weighted by Crippen LogP contribution is 2.39. The fourth-order valence-electron chi connectivity index (χ4n) is 4.17. The molecule has 3 heterocycles. The van der Waals surface area contributed by atoms with Crippen LogP contribution in [0.5, 0.6) is 0 Å². The number of nitrogens with zero attached hydrogens (tertiary/aromatic N) is 4. The summed E-state index contributed by atoms with van der Waals surface area (Å²) >= 11 is 0. The Kier molecular flexibility index (Phi) is 5.35. The smallest absolute Gasteiger partial charge is 0.177 e. The summed E-state index contributed by atoms with van der Waals surface area (Å²) in [6.45, 7) is 1.89. The van der Waals surface area contributed by atoms with Gasteiger partial charge in [-0.15, -0.1) is 0 Å². The zero-order valence-corrected chi connectivity index (χ0v) is 19.9. The molecule has 1 fully saturated rings. The van der Waals surface area contributed by atoms with E-state index in [1.54, 1.807) is 42.2 Å². The third-order valence-corrected chi connectivity index (χ3v) is 7.12. The van der Waals surface area contributed by atoms with Crippen LogP contribution in [0.2, 0.25) is 0 Å². The zero-order chi connectivity index (χ0) is 24.2. The highest BCUT2D eigenvalue weighted by Gasteiger charge is 2.43. The largest absolute Gasteiger partial charge is 0.353 e. The van der Waals surface area contributed by atoms with Crippen LogP contribution in [0, 0.1) is 5.92 Å². The molecule has 2 aliphatic rings. The van der Waals surface area contributed by atoms with Crippen molar-refractivity contribution in [3.63, 3.8) is 0 Å². The molecule has 0 radical (unpaired) electrons. The lowest BCUT2D eigenvalue weighted by molar-refractivity contribution is -0.120. The highest BCUT2D eigenvalue weighted by molar-refractivity contribution is 7.90. The number of anilines is 2. The minimum Gasteiger partial charge on any atom is -0.353 e. The summed E-state index contributed by atoms with van der Waals surface area (Å²) < 4.78 is 40.3. The number of Topliss-reactive ketones (excluding diaryl/α,β-unsaturated/α-hetero) is 1. The van der Waals surface area contributed by atoms with Crippen LogP contribution >= 0.6 is 0 Å². The molecule has 8 nitrogen and oxygen atoms in total. The number of halogens is 1. The van der Waals surface area contributed by atoms with Gasteiger partial charge in [-0.1, -0.05) is 6.07 Å². The number of sulfone groups is 1. The van der Waals surface area contributed by atoms with Crippen molar-refractivity contribution in [3.05, 3.63) is 47.9 Å². The molecular weight excluding hydrogens is 457 g/mol. The minimum atomic E-state index is -3.58. The third-order valence-electron chi connectivity index (χ3n) is 5.99. The monoisotopic (exact) mass is 481 g/mol. The Labute approximate surface area is 196 Å². The molecule has 2 aromatic heterocycles. The van der Waals surface area contributed by atoms with E-state index in [2.05, 4.69) is 20.4 Å². The molecule has 34 heavy (non-hydrogen) atoms.